The second kappa shape index (κ2) is 6.62. The Morgan fingerprint density at radius 2 is 2.09 bits per heavy atom. The first kappa shape index (κ1) is 15.2. The van der Waals surface area contributed by atoms with Gasteiger partial charge in [0.05, 0.1) is 11.9 Å². The van der Waals surface area contributed by atoms with E-state index in [1.54, 1.807) is 10.9 Å². The smallest absolute Gasteiger partial charge is 0.320 e. The Bertz CT molecular complexity index is 809. The van der Waals surface area contributed by atoms with Gasteiger partial charge in [-0.2, -0.15) is 5.10 Å². The molecular formula is C16H17N5OS. The molecule has 7 heteroatoms. The number of rotatable bonds is 4. The SMILES string of the molecule is Cc1nc(-c2ccccc2)sc1NC(=O)NCc1cnn(C)c1. The van der Waals surface area contributed by atoms with Gasteiger partial charge < -0.3 is 5.32 Å². The molecular weight excluding hydrogens is 310 g/mol. The van der Waals surface area contributed by atoms with E-state index in [9.17, 15) is 4.79 Å². The van der Waals surface area contributed by atoms with Crippen LogP contribution in [-0.2, 0) is 13.6 Å². The lowest BCUT2D eigenvalue weighted by atomic mass is 10.2. The van der Waals surface area contributed by atoms with Crippen molar-refractivity contribution in [2.75, 3.05) is 5.32 Å². The number of carbonyl (C=O) groups excluding carboxylic acids is 1. The van der Waals surface area contributed by atoms with E-state index in [1.165, 1.54) is 11.3 Å². The summed E-state index contributed by atoms with van der Waals surface area (Å²) in [4.78, 5) is 16.5. The van der Waals surface area contributed by atoms with E-state index >= 15 is 0 Å². The van der Waals surface area contributed by atoms with Crippen molar-refractivity contribution in [2.45, 2.75) is 13.5 Å². The van der Waals surface area contributed by atoms with Gasteiger partial charge in [0, 0.05) is 30.9 Å². The summed E-state index contributed by atoms with van der Waals surface area (Å²) in [5, 5.41) is 11.4. The zero-order valence-corrected chi connectivity index (χ0v) is 13.7. The van der Waals surface area contributed by atoms with Crippen molar-refractivity contribution in [1.82, 2.24) is 20.1 Å². The maximum Gasteiger partial charge on any atom is 0.320 e. The molecule has 0 saturated carbocycles. The number of anilines is 1. The van der Waals surface area contributed by atoms with Crippen LogP contribution >= 0.6 is 11.3 Å². The number of aryl methyl sites for hydroxylation is 2. The van der Waals surface area contributed by atoms with Gasteiger partial charge in [0.1, 0.15) is 10.0 Å². The van der Waals surface area contributed by atoms with Crippen LogP contribution < -0.4 is 10.6 Å². The van der Waals surface area contributed by atoms with Gasteiger partial charge in [0.2, 0.25) is 0 Å². The van der Waals surface area contributed by atoms with Gasteiger partial charge >= 0.3 is 6.03 Å². The molecule has 0 aliphatic rings. The van der Waals surface area contributed by atoms with Crippen molar-refractivity contribution in [1.29, 1.82) is 0 Å². The summed E-state index contributed by atoms with van der Waals surface area (Å²) in [6, 6.07) is 9.67. The summed E-state index contributed by atoms with van der Waals surface area (Å²) < 4.78 is 1.70. The zero-order chi connectivity index (χ0) is 16.2. The summed E-state index contributed by atoms with van der Waals surface area (Å²) in [6.45, 7) is 2.32. The first-order valence-electron chi connectivity index (χ1n) is 7.17. The third-order valence-electron chi connectivity index (χ3n) is 3.26. The first-order chi connectivity index (χ1) is 11.1. The Morgan fingerprint density at radius 1 is 1.30 bits per heavy atom. The van der Waals surface area contributed by atoms with Crippen LogP contribution in [0.15, 0.2) is 42.7 Å². The fraction of sp³-hybridized carbons (Fsp3) is 0.188. The van der Waals surface area contributed by atoms with Gasteiger partial charge in [-0.15, -0.1) is 0 Å². The second-order valence-electron chi connectivity index (χ2n) is 5.13. The van der Waals surface area contributed by atoms with Gasteiger partial charge in [0.25, 0.3) is 0 Å². The Hall–Kier alpha value is -2.67. The lowest BCUT2D eigenvalue weighted by Crippen LogP contribution is -2.27. The molecule has 0 unspecified atom stereocenters. The van der Waals surface area contributed by atoms with Crippen LogP contribution in [0.5, 0.6) is 0 Å². The average molecular weight is 327 g/mol. The van der Waals surface area contributed by atoms with Crippen LogP contribution in [0.25, 0.3) is 10.6 Å². The molecule has 0 aliphatic heterocycles. The largest absolute Gasteiger partial charge is 0.334 e. The van der Waals surface area contributed by atoms with E-state index in [1.807, 2.05) is 50.5 Å². The van der Waals surface area contributed by atoms with Gasteiger partial charge in [-0.25, -0.2) is 9.78 Å². The summed E-state index contributed by atoms with van der Waals surface area (Å²) in [5.74, 6) is 0. The van der Waals surface area contributed by atoms with Crippen LogP contribution in [0, 0.1) is 6.92 Å². The van der Waals surface area contributed by atoms with Crippen LogP contribution in [0.4, 0.5) is 9.80 Å². The second-order valence-corrected chi connectivity index (χ2v) is 6.13. The third-order valence-corrected chi connectivity index (χ3v) is 4.38. The van der Waals surface area contributed by atoms with Crippen molar-refractivity contribution in [3.05, 3.63) is 54.0 Å². The van der Waals surface area contributed by atoms with Gasteiger partial charge in [0.15, 0.2) is 0 Å². The number of benzene rings is 1. The van der Waals surface area contributed by atoms with Gasteiger partial charge in [-0.05, 0) is 6.92 Å². The number of hydrogen-bond donors (Lipinski definition) is 2. The fourth-order valence-electron chi connectivity index (χ4n) is 2.11. The van der Waals surface area contributed by atoms with Crippen molar-refractivity contribution in [2.24, 2.45) is 7.05 Å². The normalized spacial score (nSPS) is 10.5. The van der Waals surface area contributed by atoms with Crippen LogP contribution in [0.1, 0.15) is 11.3 Å². The highest BCUT2D eigenvalue weighted by Gasteiger charge is 2.12. The summed E-state index contributed by atoms with van der Waals surface area (Å²) >= 11 is 1.47. The Labute approximate surface area is 138 Å². The summed E-state index contributed by atoms with van der Waals surface area (Å²) in [6.07, 6.45) is 3.59. The monoisotopic (exact) mass is 327 g/mol. The van der Waals surface area contributed by atoms with Crippen molar-refractivity contribution in [3.8, 4) is 10.6 Å². The highest BCUT2D eigenvalue weighted by Crippen LogP contribution is 2.31. The molecule has 2 heterocycles. The first-order valence-corrected chi connectivity index (χ1v) is 7.98. The van der Waals surface area contributed by atoms with E-state index in [-0.39, 0.29) is 6.03 Å². The average Bonchev–Trinajstić information content (AvgIpc) is 3.13. The maximum atomic E-state index is 12.0. The van der Waals surface area contributed by atoms with Gasteiger partial charge in [-0.3, -0.25) is 10.00 Å². The van der Waals surface area contributed by atoms with E-state index in [0.717, 1.165) is 26.8 Å². The van der Waals surface area contributed by atoms with Crippen LogP contribution in [-0.4, -0.2) is 20.8 Å². The molecule has 1 aromatic carbocycles. The quantitative estimate of drug-likeness (QED) is 0.773. The molecule has 2 amide bonds. The number of aromatic nitrogens is 3. The predicted molar refractivity (Wildman–Crippen MR) is 91.4 cm³/mol. The highest BCUT2D eigenvalue weighted by atomic mass is 32.1. The molecule has 0 radical (unpaired) electrons. The molecule has 0 saturated heterocycles. The predicted octanol–water partition coefficient (Wildman–Crippen LogP) is 3.17. The van der Waals surface area contributed by atoms with Crippen molar-refractivity contribution < 1.29 is 4.79 Å². The number of urea groups is 1. The highest BCUT2D eigenvalue weighted by molar-refractivity contribution is 7.19. The van der Waals surface area contributed by atoms with Crippen molar-refractivity contribution >= 4 is 22.4 Å². The van der Waals surface area contributed by atoms with E-state index in [4.69, 9.17) is 0 Å². The minimum Gasteiger partial charge on any atom is -0.334 e. The Kier molecular flexibility index (Phi) is 4.38. The summed E-state index contributed by atoms with van der Waals surface area (Å²) in [7, 11) is 1.84. The molecule has 0 aliphatic carbocycles. The number of amides is 2. The molecule has 0 fully saturated rings. The maximum absolute atomic E-state index is 12.0. The molecule has 23 heavy (non-hydrogen) atoms. The number of nitrogens with zero attached hydrogens (tertiary/aromatic N) is 3. The number of hydrogen-bond acceptors (Lipinski definition) is 4. The van der Waals surface area contributed by atoms with E-state index < -0.39 is 0 Å². The van der Waals surface area contributed by atoms with E-state index in [0.29, 0.717) is 6.54 Å². The molecule has 2 N–H and O–H groups in total. The topological polar surface area (TPSA) is 71.8 Å². The minimum atomic E-state index is -0.250. The molecule has 0 bridgehead atoms. The number of carbonyl (C=O) groups is 1. The number of nitrogens with one attached hydrogen (secondary N) is 2. The molecule has 118 valence electrons. The molecule has 2 aromatic heterocycles. The van der Waals surface area contributed by atoms with Crippen LogP contribution in [0.3, 0.4) is 0 Å². The lowest BCUT2D eigenvalue weighted by Gasteiger charge is -2.04. The number of thiazole rings is 1. The zero-order valence-electron chi connectivity index (χ0n) is 12.9. The van der Waals surface area contributed by atoms with Crippen LogP contribution in [0.2, 0.25) is 0 Å². The Morgan fingerprint density at radius 3 is 2.78 bits per heavy atom. The van der Waals surface area contributed by atoms with Gasteiger partial charge in [-0.1, -0.05) is 41.7 Å². The molecule has 3 aromatic rings. The fourth-order valence-corrected chi connectivity index (χ4v) is 3.08. The molecule has 3 rings (SSSR count). The molecule has 0 spiro atoms. The summed E-state index contributed by atoms with van der Waals surface area (Å²) in [5.41, 5.74) is 2.81. The standard InChI is InChI=1S/C16H17N5OS/c1-11-14(23-15(19-11)13-6-4-3-5-7-13)20-16(22)17-8-12-9-18-21(2)10-12/h3-7,9-10H,8H2,1-2H3,(H2,17,20,22). The molecule has 6 nitrogen and oxygen atoms in total. The minimum absolute atomic E-state index is 0.250. The lowest BCUT2D eigenvalue weighted by molar-refractivity contribution is 0.252. The van der Waals surface area contributed by atoms with E-state index in [2.05, 4.69) is 20.7 Å². The molecule has 0 atom stereocenters. The Balaban J connectivity index is 1.63. The van der Waals surface area contributed by atoms with Crippen molar-refractivity contribution in [3.63, 3.8) is 0 Å². The third kappa shape index (κ3) is 3.75.